The normalized spacial score (nSPS) is 29.0. The van der Waals surface area contributed by atoms with Crippen molar-refractivity contribution in [3.05, 3.63) is 83.6 Å². The van der Waals surface area contributed by atoms with Gasteiger partial charge in [-0.05, 0) is 56.0 Å². The highest BCUT2D eigenvalue weighted by atomic mass is 16.7. The van der Waals surface area contributed by atoms with Crippen LogP contribution in [0.1, 0.15) is 70.5 Å². The predicted octanol–water partition coefficient (Wildman–Crippen LogP) is 6.64. The number of hydrogen-bond donors (Lipinski definition) is 2. The second-order valence-electron chi connectivity index (χ2n) is 14.6. The average Bonchev–Trinajstić information content (AvgIpc) is 3.62. The highest BCUT2D eigenvalue weighted by Gasteiger charge is 2.46. The van der Waals surface area contributed by atoms with Crippen molar-refractivity contribution in [3.8, 4) is 11.5 Å². The number of methoxy groups -OCH3 is 5. The van der Waals surface area contributed by atoms with Crippen molar-refractivity contribution in [3.63, 3.8) is 0 Å². The van der Waals surface area contributed by atoms with Crippen LogP contribution in [0.15, 0.2) is 70.9 Å². The summed E-state index contributed by atoms with van der Waals surface area (Å²) < 4.78 is 53.8. The van der Waals surface area contributed by atoms with Gasteiger partial charge in [0.15, 0.2) is 23.2 Å². The van der Waals surface area contributed by atoms with Gasteiger partial charge in [0, 0.05) is 52.6 Å². The number of hydrogen-bond acceptors (Lipinski definition) is 12. The topological polar surface area (TPSA) is 140 Å². The van der Waals surface area contributed by atoms with E-state index in [2.05, 4.69) is 20.4 Å². The second kappa shape index (κ2) is 21.3. The van der Waals surface area contributed by atoms with Gasteiger partial charge in [-0.25, -0.2) is 4.98 Å². The highest BCUT2D eigenvalue weighted by Crippen LogP contribution is 2.39. The molecule has 2 aliphatic rings. The molecule has 4 rings (SSSR count). The van der Waals surface area contributed by atoms with E-state index in [4.69, 9.17) is 47.3 Å². The molecule has 0 saturated carbocycles. The molecule has 2 saturated heterocycles. The van der Waals surface area contributed by atoms with Gasteiger partial charge in [0.25, 0.3) is 0 Å². The zero-order valence-corrected chi connectivity index (χ0v) is 34.1. The van der Waals surface area contributed by atoms with Gasteiger partial charge < -0.3 is 52.5 Å². The molecule has 0 spiro atoms. The molecule has 306 valence electrons. The number of aromatic nitrogens is 1. The van der Waals surface area contributed by atoms with Crippen LogP contribution in [0.4, 0.5) is 0 Å². The molecule has 55 heavy (non-hydrogen) atoms. The average molecular weight is 770 g/mol. The smallest absolute Gasteiger partial charge is 0.199 e. The van der Waals surface area contributed by atoms with Crippen LogP contribution in [-0.2, 0) is 41.4 Å². The Labute approximate surface area is 327 Å². The van der Waals surface area contributed by atoms with Gasteiger partial charge in [-0.3, -0.25) is 0 Å². The number of oxazole rings is 1. The Kier molecular flexibility index (Phi) is 17.2. The first-order valence-corrected chi connectivity index (χ1v) is 19.1. The first-order chi connectivity index (χ1) is 26.4. The van der Waals surface area contributed by atoms with Crippen molar-refractivity contribution >= 4 is 6.08 Å². The third-order valence-electron chi connectivity index (χ3n) is 10.7. The van der Waals surface area contributed by atoms with E-state index in [1.807, 2.05) is 56.4 Å². The Balaban J connectivity index is 1.48. The molecule has 0 radical (unpaired) electrons. The van der Waals surface area contributed by atoms with Gasteiger partial charge in [0.05, 0.1) is 70.0 Å². The summed E-state index contributed by atoms with van der Waals surface area (Å²) in [5.41, 5.74) is 3.42. The van der Waals surface area contributed by atoms with Crippen molar-refractivity contribution in [2.24, 2.45) is 11.8 Å². The number of allylic oxidation sites excluding steroid dienone is 2. The minimum Gasteiger partial charge on any atom is -0.493 e. The number of rotatable bonds is 20. The van der Waals surface area contributed by atoms with E-state index in [1.165, 1.54) is 0 Å². The number of aliphatic hydroxyl groups excluding tert-OH is 2. The summed E-state index contributed by atoms with van der Waals surface area (Å²) in [7, 11) is 8.11. The molecular formula is C43H63NO11. The van der Waals surface area contributed by atoms with Gasteiger partial charge in [-0.15, -0.1) is 6.58 Å². The lowest BCUT2D eigenvalue weighted by Gasteiger charge is -2.45. The van der Waals surface area contributed by atoms with Gasteiger partial charge >= 0.3 is 0 Å². The standard InChI is InChI=1S/C43H63NO11/c1-11-12-33(47-6)15-13-27(2)19-35(46)38-22-34(48-7)23-43(51-10,55-38)24-40-44-32(26-52-40)20-28(3)41-30(5)42(29(4)36(54-41)17-18-45)53-25-31-14-16-37(49-8)39(21-31)50-9/h11,13-16,19-21,26,29-30,33-36,38,41-42,45-46H,1,12,17-18,22-25H2,2-10H3/b15-13+,27-19+,28-20+/t29-,30-,33+,34+,35+,36+,38+,41-,42-,43-/m0/s1. The Morgan fingerprint density at radius 3 is 2.51 bits per heavy atom. The van der Waals surface area contributed by atoms with E-state index < -0.39 is 18.0 Å². The third kappa shape index (κ3) is 11.8. The molecule has 10 atom stereocenters. The van der Waals surface area contributed by atoms with Crippen LogP contribution in [0.3, 0.4) is 0 Å². The lowest BCUT2D eigenvalue weighted by atomic mass is 9.79. The molecular weight excluding hydrogens is 706 g/mol. The summed E-state index contributed by atoms with van der Waals surface area (Å²) in [6, 6.07) is 5.77. The van der Waals surface area contributed by atoms with Gasteiger partial charge in [-0.1, -0.05) is 49.8 Å². The first kappa shape index (κ1) is 44.4. The summed E-state index contributed by atoms with van der Waals surface area (Å²) in [5, 5.41) is 21.1. The highest BCUT2D eigenvalue weighted by molar-refractivity contribution is 5.48. The first-order valence-electron chi connectivity index (χ1n) is 19.1. The summed E-state index contributed by atoms with van der Waals surface area (Å²) in [6.45, 7) is 12.4. The molecule has 0 unspecified atom stereocenters. The van der Waals surface area contributed by atoms with Crippen molar-refractivity contribution < 1.29 is 52.5 Å². The van der Waals surface area contributed by atoms with Gasteiger partial charge in [0.2, 0.25) is 0 Å². The molecule has 2 N–H and O–H groups in total. The van der Waals surface area contributed by atoms with Crippen LogP contribution in [0.5, 0.6) is 11.5 Å². The molecule has 12 nitrogen and oxygen atoms in total. The quantitative estimate of drug-likeness (QED) is 0.110. The maximum Gasteiger partial charge on any atom is 0.199 e. The fourth-order valence-corrected chi connectivity index (χ4v) is 7.64. The molecule has 2 aromatic rings. The monoisotopic (exact) mass is 769 g/mol. The van der Waals surface area contributed by atoms with Crippen LogP contribution in [-0.4, -0.2) is 106 Å². The summed E-state index contributed by atoms with van der Waals surface area (Å²) in [5.74, 6) is 0.637. The molecule has 0 bridgehead atoms. The molecule has 12 heteroatoms. The minimum absolute atomic E-state index is 0.00354. The number of ether oxygens (including phenoxy) is 8. The molecule has 2 fully saturated rings. The molecule has 0 amide bonds. The van der Waals surface area contributed by atoms with E-state index in [9.17, 15) is 10.2 Å². The Bertz CT molecular complexity index is 1590. The zero-order chi connectivity index (χ0) is 40.1. The largest absolute Gasteiger partial charge is 0.493 e. The van der Waals surface area contributed by atoms with E-state index >= 15 is 0 Å². The van der Waals surface area contributed by atoms with Crippen molar-refractivity contribution in [1.82, 2.24) is 4.98 Å². The summed E-state index contributed by atoms with van der Waals surface area (Å²) >= 11 is 0. The van der Waals surface area contributed by atoms with Crippen LogP contribution in [0.25, 0.3) is 6.08 Å². The van der Waals surface area contributed by atoms with E-state index in [1.54, 1.807) is 47.9 Å². The number of aliphatic hydroxyl groups is 2. The molecule has 0 aliphatic carbocycles. The molecule has 3 heterocycles. The van der Waals surface area contributed by atoms with Crippen molar-refractivity contribution in [2.75, 3.05) is 42.2 Å². The SMILES string of the molecule is C=CC[C@H](/C=C/C(C)=C/[C@@H](O)[C@H]1C[C@@H](OC)C[C@](Cc2nc(/C=C(\C)[C@@H]3O[C@H](CCO)[C@H](C)[C@H](OCc4ccc(OC)c(OC)c4)[C@H]3C)co2)(OC)O1)OC. The minimum atomic E-state index is -1.14. The fourth-order valence-electron chi connectivity index (χ4n) is 7.64. The van der Waals surface area contributed by atoms with Crippen molar-refractivity contribution in [2.45, 2.75) is 115 Å². The number of benzene rings is 1. The van der Waals surface area contributed by atoms with E-state index in [0.717, 1.165) is 16.7 Å². The molecule has 2 aliphatic heterocycles. The molecule has 1 aromatic heterocycles. The lowest BCUT2D eigenvalue weighted by molar-refractivity contribution is -0.298. The second-order valence-corrected chi connectivity index (χ2v) is 14.6. The third-order valence-corrected chi connectivity index (χ3v) is 10.7. The van der Waals surface area contributed by atoms with Gasteiger partial charge in [-0.2, -0.15) is 0 Å². The summed E-state index contributed by atoms with van der Waals surface area (Å²) in [4.78, 5) is 4.79. The van der Waals surface area contributed by atoms with Crippen LogP contribution < -0.4 is 9.47 Å². The zero-order valence-electron chi connectivity index (χ0n) is 34.1. The van der Waals surface area contributed by atoms with Gasteiger partial charge in [0.1, 0.15) is 12.0 Å². The molecule has 1 aromatic carbocycles. The predicted molar refractivity (Wildman–Crippen MR) is 210 cm³/mol. The van der Waals surface area contributed by atoms with E-state index in [-0.39, 0.29) is 55.4 Å². The Morgan fingerprint density at radius 2 is 1.85 bits per heavy atom. The van der Waals surface area contributed by atoms with Crippen LogP contribution in [0, 0.1) is 11.8 Å². The van der Waals surface area contributed by atoms with Crippen LogP contribution in [0.2, 0.25) is 0 Å². The maximum absolute atomic E-state index is 11.3. The number of nitrogens with zero attached hydrogens (tertiary/aromatic N) is 1. The maximum atomic E-state index is 11.3. The van der Waals surface area contributed by atoms with Crippen molar-refractivity contribution in [1.29, 1.82) is 0 Å². The Hall–Kier alpha value is -3.33. The lowest BCUT2D eigenvalue weighted by Crippen LogP contribution is -2.52. The van der Waals surface area contributed by atoms with E-state index in [0.29, 0.717) is 55.4 Å². The van der Waals surface area contributed by atoms with Crippen LogP contribution >= 0.6 is 0 Å². The fraction of sp³-hybridized carbons (Fsp3) is 0.605. The summed E-state index contributed by atoms with van der Waals surface area (Å²) in [6.07, 6.45) is 10.9. The Morgan fingerprint density at radius 1 is 1.09 bits per heavy atom.